The molecule has 0 amide bonds. The molecule has 0 aliphatic carbocycles. The minimum Gasteiger partial charge on any atom is -0.369 e. The van der Waals surface area contributed by atoms with E-state index in [9.17, 15) is 0 Å². The first kappa shape index (κ1) is 14.7. The summed E-state index contributed by atoms with van der Waals surface area (Å²) in [4.78, 5) is 7.65. The lowest BCUT2D eigenvalue weighted by atomic mass is 10.5. The number of rotatable bonds is 3. The zero-order chi connectivity index (χ0) is 8.10. The first-order valence-corrected chi connectivity index (χ1v) is 3.35. The molecule has 76 valence electrons. The summed E-state index contributed by atoms with van der Waals surface area (Å²) in [5, 5.41) is 2.98. The molecule has 13 heavy (non-hydrogen) atoms. The molecule has 0 spiro atoms. The van der Waals surface area contributed by atoms with Crippen molar-refractivity contribution >= 4 is 36.6 Å². The van der Waals surface area contributed by atoms with Crippen LogP contribution in [0.25, 0.3) is 0 Å². The normalized spacial score (nSPS) is 8.08. The highest BCUT2D eigenvalue weighted by Crippen LogP contribution is 2.00. The second-order valence-electron chi connectivity index (χ2n) is 2.02. The van der Waals surface area contributed by atoms with Gasteiger partial charge in [-0.1, -0.05) is 0 Å². The molecule has 0 aliphatic heterocycles. The lowest BCUT2D eigenvalue weighted by molar-refractivity contribution is 1.01. The number of nitrogens with zero attached hydrogens (tertiary/aromatic N) is 2. The minimum absolute atomic E-state index is 0. The van der Waals surface area contributed by atoms with Gasteiger partial charge in [-0.05, 0) is 6.07 Å². The van der Waals surface area contributed by atoms with Crippen molar-refractivity contribution in [1.29, 1.82) is 0 Å². The summed E-state index contributed by atoms with van der Waals surface area (Å²) in [5.74, 6) is 0.981. The first-order chi connectivity index (χ1) is 5.33. The average Bonchev–Trinajstić information content (AvgIpc) is 2.01. The molecule has 0 saturated carbocycles. The van der Waals surface area contributed by atoms with Crippen LogP contribution in [0.4, 0.5) is 11.8 Å². The first-order valence-electron chi connectivity index (χ1n) is 3.35. The maximum absolute atomic E-state index is 5.34. The van der Waals surface area contributed by atoms with Crippen molar-refractivity contribution < 1.29 is 0 Å². The second kappa shape index (κ2) is 7.85. The number of nitrogen functional groups attached to an aromatic ring is 1. The molecule has 5 N–H and O–H groups in total. The summed E-state index contributed by atoms with van der Waals surface area (Å²) in [7, 11) is 0. The van der Waals surface area contributed by atoms with E-state index < -0.39 is 0 Å². The molecule has 7 heteroatoms. The van der Waals surface area contributed by atoms with Crippen LogP contribution in [0.3, 0.4) is 0 Å². The molecule has 5 nitrogen and oxygen atoms in total. The summed E-state index contributed by atoms with van der Waals surface area (Å²) in [6, 6.07) is 1.74. The lowest BCUT2D eigenvalue weighted by Crippen LogP contribution is -2.14. The monoisotopic (exact) mass is 225 g/mol. The second-order valence-corrected chi connectivity index (χ2v) is 2.02. The van der Waals surface area contributed by atoms with E-state index in [1.165, 1.54) is 0 Å². The van der Waals surface area contributed by atoms with Crippen LogP contribution in [0.15, 0.2) is 12.3 Å². The Hall–Kier alpha value is -0.780. The Morgan fingerprint density at radius 2 is 2.08 bits per heavy atom. The van der Waals surface area contributed by atoms with Gasteiger partial charge in [0.2, 0.25) is 5.95 Å². The molecule has 1 rings (SSSR count). The number of nitrogens with two attached hydrogens (primary N) is 2. The van der Waals surface area contributed by atoms with E-state index in [-0.39, 0.29) is 30.8 Å². The van der Waals surface area contributed by atoms with Crippen LogP contribution in [-0.2, 0) is 0 Å². The summed E-state index contributed by atoms with van der Waals surface area (Å²) in [5.41, 5.74) is 10.6. The Morgan fingerprint density at radius 3 is 2.62 bits per heavy atom. The van der Waals surface area contributed by atoms with Crippen molar-refractivity contribution in [3.8, 4) is 0 Å². The van der Waals surface area contributed by atoms with E-state index in [0.29, 0.717) is 18.9 Å². The fraction of sp³-hybridized carbons (Fsp3) is 0.333. The molecule has 1 aromatic rings. The predicted octanol–water partition coefficient (Wildman–Crippen LogP) is 0.273. The maximum atomic E-state index is 5.34. The van der Waals surface area contributed by atoms with Crippen molar-refractivity contribution in [2.45, 2.75) is 0 Å². The third-order valence-corrected chi connectivity index (χ3v) is 1.12. The van der Waals surface area contributed by atoms with Crippen molar-refractivity contribution in [3.63, 3.8) is 0 Å². The molecular formula is C6H13Cl2N5. The molecule has 0 bridgehead atoms. The number of aromatic nitrogens is 2. The number of hydrogen-bond acceptors (Lipinski definition) is 5. The lowest BCUT2D eigenvalue weighted by Gasteiger charge is -2.02. The van der Waals surface area contributed by atoms with Crippen LogP contribution in [-0.4, -0.2) is 23.1 Å². The summed E-state index contributed by atoms with van der Waals surface area (Å²) in [6.45, 7) is 1.26. The fourth-order valence-electron chi connectivity index (χ4n) is 0.672. The molecule has 1 aromatic heterocycles. The molecular weight excluding hydrogens is 213 g/mol. The zero-order valence-corrected chi connectivity index (χ0v) is 8.57. The van der Waals surface area contributed by atoms with Gasteiger partial charge >= 0.3 is 0 Å². The number of anilines is 2. The van der Waals surface area contributed by atoms with Crippen molar-refractivity contribution in [3.05, 3.63) is 12.3 Å². The van der Waals surface area contributed by atoms with Crippen LogP contribution >= 0.6 is 24.8 Å². The Kier molecular flexibility index (Phi) is 8.89. The van der Waals surface area contributed by atoms with Gasteiger partial charge in [0.1, 0.15) is 5.82 Å². The van der Waals surface area contributed by atoms with Gasteiger partial charge in [0.25, 0.3) is 0 Å². The largest absolute Gasteiger partial charge is 0.369 e. The molecule has 0 aromatic carbocycles. The van der Waals surface area contributed by atoms with Crippen LogP contribution in [0.1, 0.15) is 0 Å². The number of hydrogen-bond donors (Lipinski definition) is 3. The predicted molar refractivity (Wildman–Crippen MR) is 58.5 cm³/mol. The average molecular weight is 226 g/mol. The van der Waals surface area contributed by atoms with Crippen molar-refractivity contribution in [2.24, 2.45) is 5.73 Å². The quantitative estimate of drug-likeness (QED) is 0.688. The van der Waals surface area contributed by atoms with Gasteiger partial charge in [-0.25, -0.2) is 4.98 Å². The molecule has 1 heterocycles. The molecule has 0 saturated heterocycles. The highest BCUT2D eigenvalue weighted by atomic mass is 35.5. The fourth-order valence-corrected chi connectivity index (χ4v) is 0.672. The van der Waals surface area contributed by atoms with Crippen molar-refractivity contribution in [1.82, 2.24) is 9.97 Å². The van der Waals surface area contributed by atoms with Gasteiger partial charge < -0.3 is 16.8 Å². The Balaban J connectivity index is 0. The van der Waals surface area contributed by atoms with Gasteiger partial charge in [0, 0.05) is 19.3 Å². The Morgan fingerprint density at radius 1 is 1.38 bits per heavy atom. The highest BCUT2D eigenvalue weighted by Gasteiger charge is 1.91. The van der Waals surface area contributed by atoms with E-state index in [4.69, 9.17) is 11.5 Å². The van der Waals surface area contributed by atoms with Crippen LogP contribution in [0.5, 0.6) is 0 Å². The van der Waals surface area contributed by atoms with Crippen molar-refractivity contribution in [2.75, 3.05) is 24.1 Å². The smallest absolute Gasteiger partial charge is 0.221 e. The third kappa shape index (κ3) is 5.46. The standard InChI is InChI=1S/C6H11N5.2ClH/c7-2-4-9-5-1-3-10-6(8)11-5;;/h1,3H,2,4,7H2,(H3,8,9,10,11);2*1H. The van der Waals surface area contributed by atoms with Gasteiger partial charge in [0.15, 0.2) is 0 Å². The number of nitrogens with one attached hydrogen (secondary N) is 1. The van der Waals surface area contributed by atoms with Gasteiger partial charge in [-0.15, -0.1) is 24.8 Å². The van der Waals surface area contributed by atoms with Crippen LogP contribution in [0, 0.1) is 0 Å². The highest BCUT2D eigenvalue weighted by molar-refractivity contribution is 5.85. The molecule has 0 unspecified atom stereocenters. The molecule has 0 fully saturated rings. The summed E-state index contributed by atoms with van der Waals surface area (Å²) >= 11 is 0. The van der Waals surface area contributed by atoms with Gasteiger partial charge in [0.05, 0.1) is 0 Å². The van der Waals surface area contributed by atoms with E-state index >= 15 is 0 Å². The van der Waals surface area contributed by atoms with Gasteiger partial charge in [-0.2, -0.15) is 4.98 Å². The Bertz CT molecular complexity index is 232. The van der Waals surface area contributed by atoms with E-state index in [0.717, 1.165) is 0 Å². The SMILES string of the molecule is Cl.Cl.NCCNc1ccnc(N)n1. The summed E-state index contributed by atoms with van der Waals surface area (Å²) < 4.78 is 0. The maximum Gasteiger partial charge on any atom is 0.221 e. The van der Waals surface area contributed by atoms with Crippen LogP contribution in [0.2, 0.25) is 0 Å². The van der Waals surface area contributed by atoms with E-state index in [2.05, 4.69) is 15.3 Å². The topological polar surface area (TPSA) is 89.8 Å². The van der Waals surface area contributed by atoms with E-state index in [1.807, 2.05) is 0 Å². The molecule has 0 atom stereocenters. The number of halogens is 2. The minimum atomic E-state index is 0. The zero-order valence-electron chi connectivity index (χ0n) is 6.93. The molecule has 0 radical (unpaired) electrons. The van der Waals surface area contributed by atoms with Crippen LogP contribution < -0.4 is 16.8 Å². The Labute approximate surface area is 89.1 Å². The third-order valence-electron chi connectivity index (χ3n) is 1.12. The summed E-state index contributed by atoms with van der Waals surface area (Å²) in [6.07, 6.45) is 1.60. The molecule has 0 aliphatic rings. The van der Waals surface area contributed by atoms with Gasteiger partial charge in [-0.3, -0.25) is 0 Å². The van der Waals surface area contributed by atoms with E-state index in [1.54, 1.807) is 12.3 Å².